The molecule has 0 spiro atoms. The normalized spacial score (nSPS) is 10.2. The Hall–Kier alpha value is -3.74. The van der Waals surface area contributed by atoms with E-state index < -0.39 is 11.9 Å². The molecule has 3 aromatic rings. The van der Waals surface area contributed by atoms with E-state index in [1.807, 2.05) is 25.1 Å². The lowest BCUT2D eigenvalue weighted by atomic mass is 10.1. The number of nitrogens with one attached hydrogen (secondary N) is 2. The maximum Gasteiger partial charge on any atom is 0.337 e. The van der Waals surface area contributed by atoms with Gasteiger partial charge in [0.2, 0.25) is 0 Å². The number of anilines is 2. The third kappa shape index (κ3) is 4.91. The van der Waals surface area contributed by atoms with Gasteiger partial charge < -0.3 is 15.4 Å². The molecule has 3 rings (SSSR count). The molecule has 2 aromatic carbocycles. The smallest absolute Gasteiger partial charge is 0.337 e. The lowest BCUT2D eigenvalue weighted by Crippen LogP contribution is -2.15. The SMILES string of the molecule is COC(=O)c1cccc(NC(=O)c2cnc(NCc3cccc(C)c3)cn2)c1. The fourth-order valence-corrected chi connectivity index (χ4v) is 2.59. The molecule has 0 bridgehead atoms. The van der Waals surface area contributed by atoms with Crippen LogP contribution < -0.4 is 10.6 Å². The lowest BCUT2D eigenvalue weighted by Gasteiger charge is -2.08. The Balaban J connectivity index is 1.61. The van der Waals surface area contributed by atoms with E-state index in [9.17, 15) is 9.59 Å². The topological polar surface area (TPSA) is 93.2 Å². The molecule has 0 aliphatic heterocycles. The summed E-state index contributed by atoms with van der Waals surface area (Å²) in [5.74, 6) is -0.314. The van der Waals surface area contributed by atoms with Gasteiger partial charge in [0.15, 0.2) is 0 Å². The summed E-state index contributed by atoms with van der Waals surface area (Å²) >= 11 is 0. The summed E-state index contributed by atoms with van der Waals surface area (Å²) in [7, 11) is 1.30. The molecule has 0 atom stereocenters. The Bertz CT molecular complexity index is 987. The van der Waals surface area contributed by atoms with Crippen LogP contribution in [0, 0.1) is 6.92 Å². The Labute approximate surface area is 162 Å². The van der Waals surface area contributed by atoms with Crippen LogP contribution in [0.3, 0.4) is 0 Å². The molecule has 0 saturated carbocycles. The summed E-state index contributed by atoms with van der Waals surface area (Å²) in [5, 5.41) is 5.87. The van der Waals surface area contributed by atoms with Crippen LogP contribution in [0.2, 0.25) is 0 Å². The van der Waals surface area contributed by atoms with Gasteiger partial charge in [-0.25, -0.2) is 14.8 Å². The number of esters is 1. The van der Waals surface area contributed by atoms with Crippen molar-refractivity contribution in [2.24, 2.45) is 0 Å². The molecule has 7 heteroatoms. The first kappa shape index (κ1) is 19.0. The second-order valence-corrected chi connectivity index (χ2v) is 6.16. The molecule has 0 unspecified atom stereocenters. The van der Waals surface area contributed by atoms with Crippen molar-refractivity contribution in [1.82, 2.24) is 9.97 Å². The lowest BCUT2D eigenvalue weighted by molar-refractivity contribution is 0.0600. The summed E-state index contributed by atoms with van der Waals surface area (Å²) in [4.78, 5) is 32.3. The quantitative estimate of drug-likeness (QED) is 0.640. The van der Waals surface area contributed by atoms with Gasteiger partial charge in [-0.15, -0.1) is 0 Å². The van der Waals surface area contributed by atoms with Crippen LogP contribution in [-0.4, -0.2) is 29.0 Å². The van der Waals surface area contributed by atoms with Gasteiger partial charge in [-0.1, -0.05) is 35.9 Å². The minimum absolute atomic E-state index is 0.171. The summed E-state index contributed by atoms with van der Waals surface area (Å²) in [5.41, 5.74) is 3.31. The summed E-state index contributed by atoms with van der Waals surface area (Å²) in [6.45, 7) is 2.65. The Morgan fingerprint density at radius 3 is 2.57 bits per heavy atom. The highest BCUT2D eigenvalue weighted by Crippen LogP contribution is 2.13. The largest absolute Gasteiger partial charge is 0.465 e. The molecular formula is C21H20N4O3. The van der Waals surface area contributed by atoms with Crippen LogP contribution in [0.5, 0.6) is 0 Å². The Kier molecular flexibility index (Phi) is 5.96. The van der Waals surface area contributed by atoms with Crippen LogP contribution in [0.25, 0.3) is 0 Å². The van der Waals surface area contributed by atoms with E-state index >= 15 is 0 Å². The monoisotopic (exact) mass is 376 g/mol. The number of nitrogens with zero attached hydrogens (tertiary/aromatic N) is 2. The molecule has 1 aromatic heterocycles. The Morgan fingerprint density at radius 2 is 1.86 bits per heavy atom. The zero-order valence-corrected chi connectivity index (χ0v) is 15.6. The number of rotatable bonds is 6. The van der Waals surface area contributed by atoms with Crippen molar-refractivity contribution in [2.45, 2.75) is 13.5 Å². The summed E-state index contributed by atoms with van der Waals surface area (Å²) < 4.78 is 4.67. The predicted octanol–water partition coefficient (Wildman–Crippen LogP) is 3.44. The van der Waals surface area contributed by atoms with Gasteiger partial charge in [0.05, 0.1) is 25.1 Å². The maximum atomic E-state index is 12.3. The number of hydrogen-bond acceptors (Lipinski definition) is 6. The highest BCUT2D eigenvalue weighted by Gasteiger charge is 2.11. The molecule has 28 heavy (non-hydrogen) atoms. The minimum Gasteiger partial charge on any atom is -0.465 e. The zero-order valence-electron chi connectivity index (χ0n) is 15.6. The van der Waals surface area contributed by atoms with Gasteiger partial charge in [-0.2, -0.15) is 0 Å². The van der Waals surface area contributed by atoms with Crippen molar-refractivity contribution in [3.63, 3.8) is 0 Å². The third-order valence-electron chi connectivity index (χ3n) is 3.98. The van der Waals surface area contributed by atoms with Crippen molar-refractivity contribution < 1.29 is 14.3 Å². The van der Waals surface area contributed by atoms with E-state index in [4.69, 9.17) is 0 Å². The number of aryl methyl sites for hydroxylation is 1. The zero-order chi connectivity index (χ0) is 19.9. The van der Waals surface area contributed by atoms with Gasteiger partial charge in [0.25, 0.3) is 5.91 Å². The molecule has 0 aliphatic carbocycles. The first-order valence-corrected chi connectivity index (χ1v) is 8.66. The van der Waals surface area contributed by atoms with Crippen molar-refractivity contribution in [3.8, 4) is 0 Å². The molecular weight excluding hydrogens is 356 g/mol. The summed E-state index contributed by atoms with van der Waals surface area (Å²) in [6.07, 6.45) is 2.91. The third-order valence-corrected chi connectivity index (χ3v) is 3.98. The standard InChI is InChI=1S/C21H20N4O3/c1-14-5-3-6-15(9-14)11-23-19-13-22-18(12-24-19)20(26)25-17-8-4-7-16(10-17)21(27)28-2/h3-10,12-13H,11H2,1-2H3,(H,23,24)(H,25,26). The van der Waals surface area contributed by atoms with Crippen molar-refractivity contribution >= 4 is 23.4 Å². The number of ether oxygens (including phenoxy) is 1. The fraction of sp³-hybridized carbons (Fsp3) is 0.143. The number of carbonyl (C=O) groups is 2. The van der Waals surface area contributed by atoms with Gasteiger partial charge in [0, 0.05) is 12.2 Å². The first-order valence-electron chi connectivity index (χ1n) is 8.66. The highest BCUT2D eigenvalue weighted by molar-refractivity contribution is 6.03. The van der Waals surface area contributed by atoms with E-state index in [1.54, 1.807) is 18.2 Å². The average molecular weight is 376 g/mol. The van der Waals surface area contributed by atoms with E-state index in [-0.39, 0.29) is 5.69 Å². The second-order valence-electron chi connectivity index (χ2n) is 6.16. The predicted molar refractivity (Wildman–Crippen MR) is 106 cm³/mol. The molecule has 0 saturated heterocycles. The number of aromatic nitrogens is 2. The fourth-order valence-electron chi connectivity index (χ4n) is 2.59. The molecule has 0 aliphatic rings. The van der Waals surface area contributed by atoms with E-state index in [1.165, 1.54) is 31.1 Å². The van der Waals surface area contributed by atoms with Crippen LogP contribution >= 0.6 is 0 Å². The number of amides is 1. The molecule has 1 heterocycles. The number of methoxy groups -OCH3 is 1. The highest BCUT2D eigenvalue weighted by atomic mass is 16.5. The molecule has 1 amide bonds. The molecule has 0 radical (unpaired) electrons. The van der Waals surface area contributed by atoms with E-state index in [2.05, 4.69) is 31.4 Å². The van der Waals surface area contributed by atoms with Crippen molar-refractivity contribution in [2.75, 3.05) is 17.7 Å². The molecule has 2 N–H and O–H groups in total. The number of benzene rings is 2. The minimum atomic E-state index is -0.472. The van der Waals surface area contributed by atoms with Crippen LogP contribution in [0.15, 0.2) is 60.9 Å². The Morgan fingerprint density at radius 1 is 1.04 bits per heavy atom. The second kappa shape index (κ2) is 8.77. The van der Waals surface area contributed by atoms with Crippen molar-refractivity contribution in [1.29, 1.82) is 0 Å². The van der Waals surface area contributed by atoms with Gasteiger partial charge >= 0.3 is 5.97 Å². The van der Waals surface area contributed by atoms with Crippen molar-refractivity contribution in [3.05, 3.63) is 83.3 Å². The molecule has 0 fully saturated rings. The first-order chi connectivity index (χ1) is 13.5. The molecule has 7 nitrogen and oxygen atoms in total. The maximum absolute atomic E-state index is 12.3. The van der Waals surface area contributed by atoms with Gasteiger partial charge in [-0.05, 0) is 30.7 Å². The number of hydrogen-bond donors (Lipinski definition) is 2. The average Bonchev–Trinajstić information content (AvgIpc) is 2.72. The van der Waals surface area contributed by atoms with Crippen LogP contribution in [0.1, 0.15) is 32.0 Å². The van der Waals surface area contributed by atoms with Crippen LogP contribution in [0.4, 0.5) is 11.5 Å². The van der Waals surface area contributed by atoms with E-state index in [0.717, 1.165) is 5.56 Å². The molecule has 142 valence electrons. The van der Waals surface area contributed by atoms with Gasteiger partial charge in [0.1, 0.15) is 11.5 Å². The number of carbonyl (C=O) groups excluding carboxylic acids is 2. The van der Waals surface area contributed by atoms with Gasteiger partial charge in [-0.3, -0.25) is 4.79 Å². The van der Waals surface area contributed by atoms with E-state index in [0.29, 0.717) is 23.6 Å². The summed E-state index contributed by atoms with van der Waals surface area (Å²) in [6, 6.07) is 14.6. The van der Waals surface area contributed by atoms with Crippen LogP contribution in [-0.2, 0) is 11.3 Å².